The molecule has 0 atom stereocenters. The van der Waals surface area contributed by atoms with Crippen molar-refractivity contribution in [3.63, 3.8) is 0 Å². The van der Waals surface area contributed by atoms with Gasteiger partial charge in [0, 0.05) is 17.9 Å². The monoisotopic (exact) mass is 656 g/mol. The van der Waals surface area contributed by atoms with E-state index in [2.05, 4.69) is 63.7 Å². The van der Waals surface area contributed by atoms with Gasteiger partial charge in [-0.15, -0.1) is 0 Å². The van der Waals surface area contributed by atoms with Crippen LogP contribution in [0.15, 0.2) is 51.9 Å². The van der Waals surface area contributed by atoms with Gasteiger partial charge in [0.25, 0.3) is 20.2 Å². The molecule has 0 unspecified atom stereocenters. The lowest BCUT2D eigenvalue weighted by Gasteiger charge is -2.21. The van der Waals surface area contributed by atoms with Crippen LogP contribution in [0.1, 0.15) is 0 Å². The quantitative estimate of drug-likeness (QED) is 0.359. The van der Waals surface area contributed by atoms with Gasteiger partial charge >= 0.3 is 0 Å². The first-order valence-electron chi connectivity index (χ1n) is 6.14. The average Bonchev–Trinajstić information content (AvgIpc) is 2.43. The van der Waals surface area contributed by atoms with E-state index in [-0.39, 0.29) is 29.3 Å². The van der Waals surface area contributed by atoms with Crippen LogP contribution in [0.2, 0.25) is 0 Å². The predicted octanol–water partition coefficient (Wildman–Crippen LogP) is 4.71. The summed E-state index contributed by atoms with van der Waals surface area (Å²) in [6, 6.07) is 4.15. The van der Waals surface area contributed by atoms with Gasteiger partial charge in [-0.3, -0.25) is 9.11 Å². The maximum absolute atomic E-state index is 12.8. The second-order valence-electron chi connectivity index (χ2n) is 4.72. The molecule has 0 aliphatic carbocycles. The largest absolute Gasteiger partial charge is 0.294 e. The molecule has 14 heteroatoms. The molecule has 0 saturated heterocycles. The van der Waals surface area contributed by atoms with Crippen molar-refractivity contribution in [3.8, 4) is 0 Å². The zero-order chi connectivity index (χ0) is 20.0. The zero-order valence-corrected chi connectivity index (χ0v) is 20.0. The molecular formula is C12H6Br4NO7S2. The normalized spacial score (nSPS) is 12.3. The lowest BCUT2D eigenvalue weighted by molar-refractivity contribution is 0.194. The third-order valence-electron chi connectivity index (χ3n) is 2.98. The standard InChI is InChI=1S/C12H6Br4NO7S2/c13-7-1-5(25(19,20)21)2-8(14)11(7)17(18)12-9(15)3-6(4-10(12)16)26(22,23)24/h1-4H,(H,19,20,21)(H,22,23,24). The van der Waals surface area contributed by atoms with Gasteiger partial charge in [-0.05, 0) is 88.0 Å². The van der Waals surface area contributed by atoms with Crippen molar-refractivity contribution >= 4 is 95.3 Å². The van der Waals surface area contributed by atoms with Crippen molar-refractivity contribution in [1.29, 1.82) is 0 Å². The van der Waals surface area contributed by atoms with Crippen molar-refractivity contribution in [2.24, 2.45) is 0 Å². The molecule has 0 heterocycles. The van der Waals surface area contributed by atoms with Crippen LogP contribution >= 0.6 is 63.7 Å². The van der Waals surface area contributed by atoms with Gasteiger partial charge < -0.3 is 0 Å². The molecule has 1 radical (unpaired) electrons. The van der Waals surface area contributed by atoms with Crippen LogP contribution in [0.4, 0.5) is 11.4 Å². The minimum atomic E-state index is -4.49. The molecule has 0 saturated carbocycles. The summed E-state index contributed by atoms with van der Waals surface area (Å²) in [4.78, 5) is -0.874. The second kappa shape index (κ2) is 7.75. The van der Waals surface area contributed by atoms with Gasteiger partial charge in [0.05, 0.1) is 9.79 Å². The van der Waals surface area contributed by atoms with Crippen LogP contribution in [-0.2, 0) is 25.4 Å². The molecule has 26 heavy (non-hydrogen) atoms. The Kier molecular flexibility index (Phi) is 6.63. The Hall–Kier alpha value is -0.0600. The third-order valence-corrected chi connectivity index (χ3v) is 7.06. The number of benzene rings is 2. The van der Waals surface area contributed by atoms with Crippen LogP contribution in [0.3, 0.4) is 0 Å². The number of hydrogen-bond acceptors (Lipinski definition) is 5. The van der Waals surface area contributed by atoms with Gasteiger partial charge in [0.1, 0.15) is 11.4 Å². The fourth-order valence-corrected chi connectivity index (χ4v) is 6.57. The van der Waals surface area contributed by atoms with E-state index in [1.165, 1.54) is 0 Å². The summed E-state index contributed by atoms with van der Waals surface area (Å²) in [5.74, 6) is 0. The lowest BCUT2D eigenvalue weighted by Crippen LogP contribution is -2.13. The Labute approximate surface area is 182 Å². The molecule has 0 bridgehead atoms. The molecule has 2 aromatic carbocycles. The minimum Gasteiger partial charge on any atom is -0.282 e. The van der Waals surface area contributed by atoms with Crippen molar-refractivity contribution in [2.45, 2.75) is 9.79 Å². The zero-order valence-electron chi connectivity index (χ0n) is 12.0. The number of rotatable bonds is 4. The number of halogens is 4. The highest BCUT2D eigenvalue weighted by molar-refractivity contribution is 9.11. The first-order valence-corrected chi connectivity index (χ1v) is 12.2. The van der Waals surface area contributed by atoms with Crippen LogP contribution < -0.4 is 5.06 Å². The summed E-state index contributed by atoms with van der Waals surface area (Å²) >= 11 is 12.3. The topological polar surface area (TPSA) is 132 Å². The van der Waals surface area contributed by atoms with E-state index in [4.69, 9.17) is 9.11 Å². The number of nitrogens with zero attached hydrogens (tertiary/aromatic N) is 1. The fourth-order valence-electron chi connectivity index (χ4n) is 1.88. The van der Waals surface area contributed by atoms with Crippen LogP contribution in [0.5, 0.6) is 0 Å². The van der Waals surface area contributed by atoms with Gasteiger partial charge in [-0.2, -0.15) is 21.9 Å². The van der Waals surface area contributed by atoms with Crippen molar-refractivity contribution < 1.29 is 31.1 Å². The molecule has 2 aromatic rings. The van der Waals surface area contributed by atoms with Crippen LogP contribution in [-0.4, -0.2) is 25.9 Å². The molecule has 2 rings (SSSR count). The Balaban J connectivity index is 2.66. The minimum absolute atomic E-state index is 0.0431. The second-order valence-corrected chi connectivity index (χ2v) is 11.0. The summed E-state index contributed by atoms with van der Waals surface area (Å²) in [5, 5.41) is 13.2. The number of anilines is 2. The average molecular weight is 660 g/mol. The van der Waals surface area contributed by atoms with Gasteiger partial charge in [0.2, 0.25) is 0 Å². The highest BCUT2D eigenvalue weighted by Gasteiger charge is 2.25. The number of hydrogen-bond donors (Lipinski definition) is 2. The first-order chi connectivity index (χ1) is 11.7. The Morgan fingerprint density at radius 3 is 1.08 bits per heavy atom. The van der Waals surface area contributed by atoms with Gasteiger partial charge in [0.15, 0.2) is 0 Å². The molecule has 0 aromatic heterocycles. The summed E-state index contributed by atoms with van der Waals surface area (Å²) in [6.07, 6.45) is 0. The van der Waals surface area contributed by atoms with E-state index in [0.717, 1.165) is 24.3 Å². The van der Waals surface area contributed by atoms with E-state index in [1.54, 1.807) is 0 Å². The lowest BCUT2D eigenvalue weighted by atomic mass is 10.2. The van der Waals surface area contributed by atoms with Gasteiger partial charge in [-0.1, -0.05) is 5.21 Å². The van der Waals surface area contributed by atoms with E-state index >= 15 is 0 Å². The SMILES string of the molecule is [O]N(c1c(Br)cc(S(=O)(=O)O)cc1Br)c1c(Br)cc(S(=O)(=O)O)cc1Br. The van der Waals surface area contributed by atoms with Crippen LogP contribution in [0, 0.1) is 0 Å². The molecule has 0 spiro atoms. The van der Waals surface area contributed by atoms with Crippen molar-refractivity contribution in [1.82, 2.24) is 0 Å². The maximum Gasteiger partial charge on any atom is 0.294 e. The molecule has 2 N–H and O–H groups in total. The smallest absolute Gasteiger partial charge is 0.282 e. The highest BCUT2D eigenvalue weighted by Crippen LogP contribution is 2.45. The van der Waals surface area contributed by atoms with Crippen molar-refractivity contribution in [2.75, 3.05) is 5.06 Å². The maximum atomic E-state index is 12.8. The molecule has 0 aliphatic heterocycles. The summed E-state index contributed by atoms with van der Waals surface area (Å²) in [7, 11) is -8.97. The van der Waals surface area contributed by atoms with Gasteiger partial charge in [-0.25, -0.2) is 0 Å². The molecular weight excluding hydrogens is 654 g/mol. The Bertz CT molecular complexity index is 969. The molecule has 141 valence electrons. The molecule has 0 amide bonds. The first kappa shape index (κ1) is 22.2. The Morgan fingerprint density at radius 1 is 0.654 bits per heavy atom. The summed E-state index contributed by atoms with van der Waals surface area (Å²) in [6.45, 7) is 0. The van der Waals surface area contributed by atoms with Crippen molar-refractivity contribution in [3.05, 3.63) is 42.2 Å². The highest BCUT2D eigenvalue weighted by atomic mass is 79.9. The Morgan fingerprint density at radius 2 is 0.885 bits per heavy atom. The van der Waals surface area contributed by atoms with Crippen LogP contribution in [0.25, 0.3) is 0 Å². The van der Waals surface area contributed by atoms with E-state index in [1.807, 2.05) is 0 Å². The van der Waals surface area contributed by atoms with E-state index in [0.29, 0.717) is 5.06 Å². The van der Waals surface area contributed by atoms with E-state index in [9.17, 15) is 22.0 Å². The molecule has 0 fully saturated rings. The molecule has 0 aliphatic rings. The summed E-state index contributed by atoms with van der Waals surface area (Å²) in [5.41, 5.74) is -0.0863. The van der Waals surface area contributed by atoms with E-state index < -0.39 is 30.0 Å². The molecule has 8 nitrogen and oxygen atoms in total. The third kappa shape index (κ3) is 4.67. The fraction of sp³-hybridized carbons (Fsp3) is 0. The summed E-state index contributed by atoms with van der Waals surface area (Å²) < 4.78 is 63.5. The predicted molar refractivity (Wildman–Crippen MR) is 106 cm³/mol.